The zero-order valence-electron chi connectivity index (χ0n) is 19.1. The van der Waals surface area contributed by atoms with E-state index in [0.717, 1.165) is 0 Å². The molecule has 196 valence electrons. The Morgan fingerprint density at radius 2 is 1.42 bits per heavy atom. The van der Waals surface area contributed by atoms with Gasteiger partial charge in [-0.25, -0.2) is 0 Å². The third-order valence-corrected chi connectivity index (χ3v) is 7.15. The second-order valence-electron chi connectivity index (χ2n) is 7.84. The molecule has 0 aliphatic heterocycles. The lowest BCUT2D eigenvalue weighted by atomic mass is 9.94. The minimum absolute atomic E-state index is 0.0652. The zero-order valence-corrected chi connectivity index (χ0v) is 23.4. The van der Waals surface area contributed by atoms with E-state index in [1.807, 2.05) is 45.2 Å². The van der Waals surface area contributed by atoms with Gasteiger partial charge in [-0.1, -0.05) is 12.1 Å². The van der Waals surface area contributed by atoms with E-state index >= 15 is 0 Å². The van der Waals surface area contributed by atoms with E-state index in [1.165, 1.54) is 12.1 Å². The molecule has 2 aromatic rings. The average molecular weight is 727 g/mol. The Bertz CT molecular complexity index is 1060. The van der Waals surface area contributed by atoms with Crippen LogP contribution in [-0.2, 0) is 20.8 Å². The van der Waals surface area contributed by atoms with Gasteiger partial charge in [-0.05, 0) is 80.9 Å². The van der Waals surface area contributed by atoms with Crippen molar-refractivity contribution in [2.75, 3.05) is 39.3 Å². The molecule has 2 rings (SSSR count). The molecule has 1 atom stereocenters. The van der Waals surface area contributed by atoms with Gasteiger partial charge in [0, 0.05) is 31.7 Å². The monoisotopic (exact) mass is 727 g/mol. The summed E-state index contributed by atoms with van der Waals surface area (Å²) in [5.74, 6) is -3.02. The van der Waals surface area contributed by atoms with E-state index in [1.54, 1.807) is 23.1 Å². The maximum atomic E-state index is 12.4. The molecule has 0 aromatic heterocycles. The highest BCUT2D eigenvalue weighted by Crippen LogP contribution is 2.39. The zero-order chi connectivity index (χ0) is 26.8. The quantitative estimate of drug-likeness (QED) is 0.105. The average Bonchev–Trinajstić information content (AvgIpc) is 2.80. The van der Waals surface area contributed by atoms with Crippen LogP contribution in [0.25, 0.3) is 11.1 Å². The van der Waals surface area contributed by atoms with Crippen molar-refractivity contribution in [2.45, 2.75) is 12.5 Å². The summed E-state index contributed by atoms with van der Waals surface area (Å²) in [6, 6.07) is 7.08. The van der Waals surface area contributed by atoms with Crippen molar-refractivity contribution < 1.29 is 39.9 Å². The topological polar surface area (TPSA) is 180 Å². The van der Waals surface area contributed by atoms with Gasteiger partial charge in [0.05, 0.1) is 20.2 Å². The fourth-order valence-electron chi connectivity index (χ4n) is 3.60. The van der Waals surface area contributed by atoms with Crippen LogP contribution >= 0.6 is 45.2 Å². The summed E-state index contributed by atoms with van der Waals surface area (Å²) in [7, 11) is 0. The number of nitrogens with one attached hydrogen (secondary N) is 2. The van der Waals surface area contributed by atoms with Crippen molar-refractivity contribution in [3.8, 4) is 22.6 Å². The van der Waals surface area contributed by atoms with Gasteiger partial charge in [-0.15, -0.1) is 0 Å². The van der Waals surface area contributed by atoms with Gasteiger partial charge in [0.1, 0.15) is 17.5 Å². The summed E-state index contributed by atoms with van der Waals surface area (Å²) in [6.45, 7) is 0.291. The summed E-state index contributed by atoms with van der Waals surface area (Å²) >= 11 is 3.99. The lowest BCUT2D eigenvalue weighted by Gasteiger charge is -2.30. The summed E-state index contributed by atoms with van der Waals surface area (Å²) in [6.07, 6.45) is 0.0652. The van der Waals surface area contributed by atoms with Crippen molar-refractivity contribution in [3.05, 3.63) is 43.0 Å². The first-order valence-corrected chi connectivity index (χ1v) is 13.0. The molecular formula is C23H27I2N3O8. The molecule has 0 heterocycles. The third-order valence-electron chi connectivity index (χ3n) is 5.27. The normalized spacial score (nSPS) is 12.0. The largest absolute Gasteiger partial charge is 0.508 e. The van der Waals surface area contributed by atoms with Gasteiger partial charge in [0.25, 0.3) is 0 Å². The summed E-state index contributed by atoms with van der Waals surface area (Å²) in [5.41, 5.74) is 2.01. The molecule has 0 bridgehead atoms. The van der Waals surface area contributed by atoms with Crippen LogP contribution in [0.15, 0.2) is 30.3 Å². The first kappa shape index (κ1) is 30.0. The molecule has 0 aliphatic rings. The summed E-state index contributed by atoms with van der Waals surface area (Å²) in [4.78, 5) is 35.7. The van der Waals surface area contributed by atoms with Crippen LogP contribution in [0.3, 0.4) is 0 Å². The molecule has 0 aliphatic carbocycles. The molecule has 7 N–H and O–H groups in total. The number of halogens is 2. The lowest BCUT2D eigenvalue weighted by molar-refractivity contribution is -0.143. The maximum absolute atomic E-state index is 12.4. The van der Waals surface area contributed by atoms with Crippen LogP contribution in [0.4, 0.5) is 0 Å². The predicted octanol–water partition coefficient (Wildman–Crippen LogP) is 1.62. The molecule has 0 unspecified atom stereocenters. The molecule has 0 radical (unpaired) electrons. The van der Waals surface area contributed by atoms with Gasteiger partial charge < -0.3 is 36.2 Å². The fraction of sp³-hybridized carbons (Fsp3) is 0.348. The standard InChI is InChI=1S/C23H27I2N3O8/c24-16-9-14(20(21(25)22(16)34)13-1-3-15(29)4-2-13)10-17(23(35)36)28(7-5-26-11-18(30)31)8-6-27-12-19(32)33/h1-4,9,17,26-27,29,34H,5-8,10-12H2,(H,30,31)(H,32,33)(H,35,36)/t17-/m0/s1. The van der Waals surface area contributed by atoms with Gasteiger partial charge >= 0.3 is 17.9 Å². The van der Waals surface area contributed by atoms with Crippen molar-refractivity contribution in [1.29, 1.82) is 0 Å². The maximum Gasteiger partial charge on any atom is 0.321 e. The smallest absolute Gasteiger partial charge is 0.321 e. The fourth-order valence-corrected chi connectivity index (χ4v) is 5.71. The first-order valence-electron chi connectivity index (χ1n) is 10.8. The molecule has 11 nitrogen and oxygen atoms in total. The number of phenols is 2. The number of rotatable bonds is 15. The number of hydrogen-bond acceptors (Lipinski definition) is 8. The van der Waals surface area contributed by atoms with Gasteiger partial charge in [-0.2, -0.15) is 0 Å². The van der Waals surface area contributed by atoms with Crippen molar-refractivity contribution in [3.63, 3.8) is 0 Å². The Labute approximate surface area is 234 Å². The molecule has 0 saturated carbocycles. The number of nitrogens with zero attached hydrogens (tertiary/aromatic N) is 1. The van der Waals surface area contributed by atoms with Crippen LogP contribution in [0.2, 0.25) is 0 Å². The van der Waals surface area contributed by atoms with Crippen LogP contribution < -0.4 is 10.6 Å². The highest BCUT2D eigenvalue weighted by atomic mass is 127. The van der Waals surface area contributed by atoms with E-state index in [0.29, 0.717) is 23.8 Å². The minimum Gasteiger partial charge on any atom is -0.508 e. The van der Waals surface area contributed by atoms with Crippen molar-refractivity contribution >= 4 is 63.1 Å². The number of carboxylic acids is 3. The molecular weight excluding hydrogens is 700 g/mol. The lowest BCUT2D eigenvalue weighted by Crippen LogP contribution is -2.48. The molecule has 36 heavy (non-hydrogen) atoms. The Morgan fingerprint density at radius 3 is 1.89 bits per heavy atom. The highest BCUT2D eigenvalue weighted by molar-refractivity contribution is 14.1. The van der Waals surface area contributed by atoms with Crippen LogP contribution in [0.5, 0.6) is 11.5 Å². The SMILES string of the molecule is O=C(O)CNCCN(CCNCC(=O)O)[C@@H](Cc1cc(I)c(O)c(I)c1-c1ccc(O)cc1)C(=O)O. The van der Waals surface area contributed by atoms with E-state index in [2.05, 4.69) is 10.6 Å². The Morgan fingerprint density at radius 1 is 0.889 bits per heavy atom. The Balaban J connectivity index is 2.39. The second kappa shape index (κ2) is 14.5. The number of carboxylic acid groups (broad SMARTS) is 3. The minimum atomic E-state index is -1.10. The summed E-state index contributed by atoms with van der Waals surface area (Å²) < 4.78 is 1.10. The predicted molar refractivity (Wildman–Crippen MR) is 148 cm³/mol. The van der Waals surface area contributed by atoms with Crippen molar-refractivity contribution in [2.24, 2.45) is 0 Å². The first-order chi connectivity index (χ1) is 17.0. The van der Waals surface area contributed by atoms with E-state index < -0.39 is 23.9 Å². The Kier molecular flexibility index (Phi) is 12.1. The van der Waals surface area contributed by atoms with Crippen molar-refractivity contribution in [1.82, 2.24) is 15.5 Å². The van der Waals surface area contributed by atoms with E-state index in [4.69, 9.17) is 10.2 Å². The molecule has 0 fully saturated rings. The molecule has 2 aromatic carbocycles. The van der Waals surface area contributed by atoms with E-state index in [-0.39, 0.29) is 57.2 Å². The number of carbonyl (C=O) groups is 3. The van der Waals surface area contributed by atoms with Crippen LogP contribution in [0.1, 0.15) is 5.56 Å². The number of phenolic OH excluding ortho intramolecular Hbond substituents is 2. The van der Waals surface area contributed by atoms with Gasteiger partial charge in [0.2, 0.25) is 0 Å². The molecule has 0 saturated heterocycles. The van der Waals surface area contributed by atoms with E-state index in [9.17, 15) is 29.7 Å². The summed E-state index contributed by atoms with van der Waals surface area (Å²) in [5, 5.41) is 53.6. The second-order valence-corrected chi connectivity index (χ2v) is 10.1. The highest BCUT2D eigenvalue weighted by Gasteiger charge is 2.28. The Hall–Kier alpha value is -2.21. The van der Waals surface area contributed by atoms with Crippen LogP contribution in [-0.4, -0.2) is 93.7 Å². The third kappa shape index (κ3) is 9.02. The molecule has 0 spiro atoms. The number of aliphatic carboxylic acids is 3. The number of aromatic hydroxyl groups is 2. The molecule has 13 heteroatoms. The number of benzene rings is 2. The van der Waals surface area contributed by atoms with Gasteiger partial charge in [-0.3, -0.25) is 19.3 Å². The van der Waals surface area contributed by atoms with Gasteiger partial charge in [0.15, 0.2) is 0 Å². The number of hydrogen-bond donors (Lipinski definition) is 7. The molecule has 0 amide bonds. The van der Waals surface area contributed by atoms with Crippen LogP contribution in [0, 0.1) is 7.14 Å².